The van der Waals surface area contributed by atoms with Gasteiger partial charge in [0, 0.05) is 11.5 Å². The molecule has 162 valence electrons. The van der Waals surface area contributed by atoms with E-state index in [1.807, 2.05) is 13.8 Å². The van der Waals surface area contributed by atoms with Crippen molar-refractivity contribution in [2.75, 3.05) is 6.61 Å². The van der Waals surface area contributed by atoms with Crippen LogP contribution in [0.25, 0.3) is 0 Å². The summed E-state index contributed by atoms with van der Waals surface area (Å²) in [5, 5.41) is 0. The molecule has 30 heavy (non-hydrogen) atoms. The van der Waals surface area contributed by atoms with Crippen molar-refractivity contribution >= 4 is 11.8 Å². The Morgan fingerprint density at radius 2 is 1.33 bits per heavy atom. The number of unbranched alkanes of at least 4 members (excludes halogenated alkanes) is 5. The standard InChI is InChI=1S/C26H34O4/c1-4-6-7-8-9-10-19-29-23-15-13-22(14-16-23)26(28)30-24-17-11-21(12-18-24)25(27)20(3)5-2/h11-18,20H,4-10,19H2,1-3H3. The fourth-order valence-electron chi connectivity index (χ4n) is 3.08. The Bertz CT molecular complexity index is 778. The van der Waals surface area contributed by atoms with Crippen LogP contribution >= 0.6 is 0 Å². The summed E-state index contributed by atoms with van der Waals surface area (Å²) < 4.78 is 11.2. The lowest BCUT2D eigenvalue weighted by molar-refractivity contribution is 0.0734. The SMILES string of the molecule is CCCCCCCCOc1ccc(C(=O)Oc2ccc(C(=O)C(C)CC)cc2)cc1. The third-order valence-electron chi connectivity index (χ3n) is 5.27. The Morgan fingerprint density at radius 1 is 0.767 bits per heavy atom. The topological polar surface area (TPSA) is 52.6 Å². The largest absolute Gasteiger partial charge is 0.494 e. The van der Waals surface area contributed by atoms with Crippen molar-refractivity contribution in [3.05, 3.63) is 59.7 Å². The van der Waals surface area contributed by atoms with E-state index in [1.165, 1.54) is 32.1 Å². The molecule has 4 nitrogen and oxygen atoms in total. The molecule has 0 radical (unpaired) electrons. The van der Waals surface area contributed by atoms with Gasteiger partial charge in [0.25, 0.3) is 0 Å². The van der Waals surface area contributed by atoms with Crippen LogP contribution in [0.5, 0.6) is 11.5 Å². The van der Waals surface area contributed by atoms with Crippen LogP contribution in [0.15, 0.2) is 48.5 Å². The Kier molecular flexibility index (Phi) is 10.1. The van der Waals surface area contributed by atoms with Gasteiger partial charge in [-0.15, -0.1) is 0 Å². The van der Waals surface area contributed by atoms with Gasteiger partial charge in [-0.05, 0) is 61.4 Å². The number of ketones is 1. The number of carbonyl (C=O) groups is 2. The zero-order chi connectivity index (χ0) is 21.8. The molecule has 0 N–H and O–H groups in total. The second kappa shape index (κ2) is 12.8. The highest BCUT2D eigenvalue weighted by atomic mass is 16.5. The van der Waals surface area contributed by atoms with Gasteiger partial charge in [-0.2, -0.15) is 0 Å². The number of carbonyl (C=O) groups excluding carboxylic acids is 2. The van der Waals surface area contributed by atoms with Crippen LogP contribution in [0.1, 0.15) is 86.4 Å². The first-order valence-electron chi connectivity index (χ1n) is 11.1. The van der Waals surface area contributed by atoms with E-state index in [-0.39, 0.29) is 11.7 Å². The Labute approximate surface area is 180 Å². The van der Waals surface area contributed by atoms with Gasteiger partial charge in [-0.25, -0.2) is 4.79 Å². The number of rotatable bonds is 13. The first kappa shape index (κ1) is 23.7. The summed E-state index contributed by atoms with van der Waals surface area (Å²) >= 11 is 0. The third-order valence-corrected chi connectivity index (χ3v) is 5.27. The third kappa shape index (κ3) is 7.66. The van der Waals surface area contributed by atoms with Crippen LogP contribution in [0.4, 0.5) is 0 Å². The van der Waals surface area contributed by atoms with Crippen LogP contribution in [0.3, 0.4) is 0 Å². The second-order valence-electron chi connectivity index (χ2n) is 7.73. The molecular weight excluding hydrogens is 376 g/mol. The molecule has 0 saturated heterocycles. The van der Waals surface area contributed by atoms with Gasteiger partial charge < -0.3 is 9.47 Å². The molecule has 2 aromatic rings. The summed E-state index contributed by atoms with van der Waals surface area (Å²) in [4.78, 5) is 24.6. The number of Topliss-reactive ketones (excluding diaryl/α,β-unsaturated/α-hetero) is 1. The van der Waals surface area contributed by atoms with E-state index in [1.54, 1.807) is 48.5 Å². The zero-order valence-corrected chi connectivity index (χ0v) is 18.5. The lowest BCUT2D eigenvalue weighted by Crippen LogP contribution is -2.11. The molecule has 0 fully saturated rings. The molecular formula is C26H34O4. The molecule has 0 amide bonds. The highest BCUT2D eigenvalue weighted by Gasteiger charge is 2.14. The smallest absolute Gasteiger partial charge is 0.343 e. The number of benzene rings is 2. The van der Waals surface area contributed by atoms with E-state index >= 15 is 0 Å². The maximum atomic E-state index is 12.4. The predicted molar refractivity (Wildman–Crippen MR) is 120 cm³/mol. The molecule has 0 spiro atoms. The van der Waals surface area contributed by atoms with Gasteiger partial charge in [0.15, 0.2) is 5.78 Å². The van der Waals surface area contributed by atoms with Crippen molar-refractivity contribution in [1.29, 1.82) is 0 Å². The average Bonchev–Trinajstić information content (AvgIpc) is 2.78. The molecule has 0 bridgehead atoms. The minimum atomic E-state index is -0.432. The highest BCUT2D eigenvalue weighted by molar-refractivity contribution is 5.97. The monoisotopic (exact) mass is 410 g/mol. The quantitative estimate of drug-likeness (QED) is 0.156. The van der Waals surface area contributed by atoms with E-state index in [0.29, 0.717) is 23.5 Å². The lowest BCUT2D eigenvalue weighted by Gasteiger charge is -2.09. The Morgan fingerprint density at radius 3 is 1.97 bits per heavy atom. The van der Waals surface area contributed by atoms with Crippen molar-refractivity contribution in [2.45, 2.75) is 65.7 Å². The average molecular weight is 411 g/mol. The first-order chi connectivity index (χ1) is 14.5. The van der Waals surface area contributed by atoms with Gasteiger partial charge >= 0.3 is 5.97 Å². The summed E-state index contributed by atoms with van der Waals surface area (Å²) in [7, 11) is 0. The van der Waals surface area contributed by atoms with Crippen molar-refractivity contribution in [1.82, 2.24) is 0 Å². The number of ether oxygens (including phenoxy) is 2. The highest BCUT2D eigenvalue weighted by Crippen LogP contribution is 2.19. The van der Waals surface area contributed by atoms with E-state index < -0.39 is 5.97 Å². The van der Waals surface area contributed by atoms with E-state index in [9.17, 15) is 9.59 Å². The lowest BCUT2D eigenvalue weighted by atomic mass is 9.97. The fourth-order valence-corrected chi connectivity index (χ4v) is 3.08. The van der Waals surface area contributed by atoms with E-state index in [2.05, 4.69) is 6.92 Å². The summed E-state index contributed by atoms with van der Waals surface area (Å²) in [6.07, 6.45) is 8.15. The molecule has 2 aromatic carbocycles. The molecule has 0 aliphatic carbocycles. The number of hydrogen-bond donors (Lipinski definition) is 0. The second-order valence-corrected chi connectivity index (χ2v) is 7.73. The Balaban J connectivity index is 1.79. The number of esters is 1. The summed E-state index contributed by atoms with van der Waals surface area (Å²) in [6, 6.07) is 13.7. The zero-order valence-electron chi connectivity index (χ0n) is 18.5. The minimum absolute atomic E-state index is 0.0137. The van der Waals surface area contributed by atoms with Crippen molar-refractivity contribution in [2.24, 2.45) is 5.92 Å². The first-order valence-corrected chi connectivity index (χ1v) is 11.1. The maximum Gasteiger partial charge on any atom is 0.343 e. The summed E-state index contributed by atoms with van der Waals surface area (Å²) in [5.74, 6) is 0.836. The minimum Gasteiger partial charge on any atom is -0.494 e. The maximum absolute atomic E-state index is 12.4. The van der Waals surface area contributed by atoms with Crippen LogP contribution in [-0.2, 0) is 0 Å². The van der Waals surface area contributed by atoms with Gasteiger partial charge in [0.1, 0.15) is 11.5 Å². The van der Waals surface area contributed by atoms with Crippen LogP contribution < -0.4 is 9.47 Å². The van der Waals surface area contributed by atoms with Crippen LogP contribution in [-0.4, -0.2) is 18.4 Å². The summed E-state index contributed by atoms with van der Waals surface area (Å²) in [6.45, 7) is 6.81. The van der Waals surface area contributed by atoms with Crippen molar-refractivity contribution < 1.29 is 19.1 Å². The molecule has 1 unspecified atom stereocenters. The molecule has 0 aliphatic rings. The molecule has 0 saturated carbocycles. The van der Waals surface area contributed by atoms with E-state index in [0.717, 1.165) is 18.6 Å². The van der Waals surface area contributed by atoms with E-state index in [4.69, 9.17) is 9.47 Å². The van der Waals surface area contributed by atoms with Crippen LogP contribution in [0, 0.1) is 5.92 Å². The molecule has 0 heterocycles. The number of hydrogen-bond acceptors (Lipinski definition) is 4. The van der Waals surface area contributed by atoms with Crippen molar-refractivity contribution in [3.8, 4) is 11.5 Å². The molecule has 4 heteroatoms. The van der Waals surface area contributed by atoms with Crippen LogP contribution in [0.2, 0.25) is 0 Å². The predicted octanol–water partition coefficient (Wildman–Crippen LogP) is 6.87. The molecule has 1 atom stereocenters. The molecule has 2 rings (SSSR count). The van der Waals surface area contributed by atoms with Gasteiger partial charge in [0.2, 0.25) is 0 Å². The fraction of sp³-hybridized carbons (Fsp3) is 0.462. The molecule has 0 aromatic heterocycles. The normalized spacial score (nSPS) is 11.7. The van der Waals surface area contributed by atoms with Crippen molar-refractivity contribution in [3.63, 3.8) is 0 Å². The molecule has 0 aliphatic heterocycles. The van der Waals surface area contributed by atoms with Gasteiger partial charge in [0.05, 0.1) is 12.2 Å². The summed E-state index contributed by atoms with van der Waals surface area (Å²) in [5.41, 5.74) is 1.10. The van der Waals surface area contributed by atoms with Gasteiger partial charge in [-0.3, -0.25) is 4.79 Å². The van der Waals surface area contributed by atoms with Gasteiger partial charge in [-0.1, -0.05) is 52.9 Å². The Hall–Kier alpha value is -2.62.